The van der Waals surface area contributed by atoms with E-state index in [0.29, 0.717) is 32.1 Å². The van der Waals surface area contributed by atoms with E-state index >= 15 is 0 Å². The summed E-state index contributed by atoms with van der Waals surface area (Å²) in [7, 11) is 0. The number of amides is 1. The third kappa shape index (κ3) is 4.94. The molecule has 0 aromatic carbocycles. The Labute approximate surface area is 120 Å². The van der Waals surface area contributed by atoms with Crippen LogP contribution in [0, 0.1) is 6.92 Å². The van der Waals surface area contributed by atoms with Crippen LogP contribution in [-0.4, -0.2) is 48.8 Å². The molecule has 0 radical (unpaired) electrons. The second-order valence-electron chi connectivity index (χ2n) is 4.53. The fourth-order valence-electron chi connectivity index (χ4n) is 1.92. The number of aryl methyl sites for hydroxylation is 1. The van der Waals surface area contributed by atoms with Crippen molar-refractivity contribution in [2.75, 3.05) is 38.2 Å². The molecule has 0 bridgehead atoms. The topological polar surface area (TPSA) is 67.6 Å². The second kappa shape index (κ2) is 8.71. The summed E-state index contributed by atoms with van der Waals surface area (Å²) in [5.74, 6) is 0.363. The fraction of sp³-hybridized carbons (Fsp3) is 0.714. The molecule has 20 heavy (non-hydrogen) atoms. The van der Waals surface area contributed by atoms with Gasteiger partial charge in [-0.05, 0) is 26.9 Å². The van der Waals surface area contributed by atoms with Crippen molar-refractivity contribution < 1.29 is 14.1 Å². The molecule has 1 rings (SSSR count). The molecule has 0 fully saturated rings. The number of nitrogens with zero attached hydrogens (tertiary/aromatic N) is 2. The molecular formula is C14H25N3O3. The van der Waals surface area contributed by atoms with E-state index in [1.807, 2.05) is 32.6 Å². The summed E-state index contributed by atoms with van der Waals surface area (Å²) in [6, 6.07) is 0. The maximum Gasteiger partial charge on any atom is 0.240 e. The van der Waals surface area contributed by atoms with Crippen LogP contribution >= 0.6 is 0 Å². The van der Waals surface area contributed by atoms with Gasteiger partial charge in [0, 0.05) is 18.6 Å². The van der Waals surface area contributed by atoms with Gasteiger partial charge in [-0.3, -0.25) is 15.0 Å². The number of hydrogen-bond acceptors (Lipinski definition) is 5. The number of aromatic nitrogens is 1. The van der Waals surface area contributed by atoms with Crippen molar-refractivity contribution in [2.24, 2.45) is 0 Å². The van der Waals surface area contributed by atoms with Gasteiger partial charge in [-0.25, -0.2) is 0 Å². The number of carbonyl (C=O) groups excluding carboxylic acids is 1. The Morgan fingerprint density at radius 3 is 2.65 bits per heavy atom. The monoisotopic (exact) mass is 283 g/mol. The Morgan fingerprint density at radius 2 is 2.05 bits per heavy atom. The van der Waals surface area contributed by atoms with Crippen LogP contribution in [-0.2, 0) is 16.0 Å². The zero-order valence-electron chi connectivity index (χ0n) is 12.9. The number of nitrogens with one attached hydrogen (secondary N) is 1. The summed E-state index contributed by atoms with van der Waals surface area (Å²) < 4.78 is 10.5. The number of rotatable bonds is 9. The first-order valence-corrected chi connectivity index (χ1v) is 7.17. The average molecular weight is 283 g/mol. The molecule has 0 saturated carbocycles. The predicted octanol–water partition coefficient (Wildman–Crippen LogP) is 1.84. The summed E-state index contributed by atoms with van der Waals surface area (Å²) in [6.45, 7) is 11.2. The molecule has 0 unspecified atom stereocenters. The minimum Gasteiger partial charge on any atom is -0.381 e. The lowest BCUT2D eigenvalue weighted by Gasteiger charge is -2.16. The van der Waals surface area contributed by atoms with Crippen molar-refractivity contribution in [3.05, 3.63) is 11.3 Å². The molecule has 6 heteroatoms. The van der Waals surface area contributed by atoms with E-state index < -0.39 is 0 Å². The SMILES string of the molecule is CCOCCc1c(C)noc1NC(=O)CN(CC)CC. The summed E-state index contributed by atoms with van der Waals surface area (Å²) in [6.07, 6.45) is 0.685. The molecule has 6 nitrogen and oxygen atoms in total. The van der Waals surface area contributed by atoms with E-state index in [0.717, 1.165) is 24.3 Å². The van der Waals surface area contributed by atoms with E-state index in [4.69, 9.17) is 9.26 Å². The number of ether oxygens (including phenoxy) is 1. The molecule has 1 aromatic heterocycles. The summed E-state index contributed by atoms with van der Waals surface area (Å²) in [5.41, 5.74) is 1.70. The molecule has 114 valence electrons. The average Bonchev–Trinajstić information content (AvgIpc) is 2.77. The van der Waals surface area contributed by atoms with Gasteiger partial charge in [0.2, 0.25) is 11.8 Å². The highest BCUT2D eigenvalue weighted by Crippen LogP contribution is 2.19. The zero-order chi connectivity index (χ0) is 15.0. The Hall–Kier alpha value is -1.40. The molecule has 0 atom stereocenters. The Bertz CT molecular complexity index is 414. The fourth-order valence-corrected chi connectivity index (χ4v) is 1.92. The first kappa shape index (κ1) is 16.7. The Balaban J connectivity index is 2.60. The molecule has 0 saturated heterocycles. The second-order valence-corrected chi connectivity index (χ2v) is 4.53. The molecule has 0 spiro atoms. The lowest BCUT2D eigenvalue weighted by Crippen LogP contribution is -2.33. The van der Waals surface area contributed by atoms with Gasteiger partial charge in [0.1, 0.15) is 0 Å². The van der Waals surface area contributed by atoms with E-state index in [2.05, 4.69) is 10.5 Å². The van der Waals surface area contributed by atoms with Crippen LogP contribution in [0.5, 0.6) is 0 Å². The molecule has 0 aliphatic heterocycles. The largest absolute Gasteiger partial charge is 0.381 e. The van der Waals surface area contributed by atoms with E-state index in [1.165, 1.54) is 0 Å². The number of carbonyl (C=O) groups is 1. The quantitative estimate of drug-likeness (QED) is 0.700. The highest BCUT2D eigenvalue weighted by molar-refractivity contribution is 5.91. The first-order chi connectivity index (χ1) is 9.62. The molecule has 0 aliphatic carbocycles. The smallest absolute Gasteiger partial charge is 0.240 e. The van der Waals surface area contributed by atoms with Crippen LogP contribution in [0.3, 0.4) is 0 Å². The highest BCUT2D eigenvalue weighted by Gasteiger charge is 2.16. The third-order valence-corrected chi connectivity index (χ3v) is 3.20. The van der Waals surface area contributed by atoms with Crippen molar-refractivity contribution in [1.82, 2.24) is 10.1 Å². The molecule has 1 amide bonds. The number of likely N-dealkylation sites (N-methyl/N-ethyl adjacent to an activating group) is 1. The predicted molar refractivity (Wildman–Crippen MR) is 77.9 cm³/mol. The standard InChI is InChI=1S/C14H25N3O3/c1-5-17(6-2)10-13(18)15-14-12(8-9-19-7-3)11(4)16-20-14/h5-10H2,1-4H3,(H,15,18). The molecule has 1 N–H and O–H groups in total. The van der Waals surface area contributed by atoms with Crippen LogP contribution in [0.4, 0.5) is 5.88 Å². The minimum atomic E-state index is -0.0810. The molecule has 0 aliphatic rings. The van der Waals surface area contributed by atoms with E-state index in [-0.39, 0.29) is 5.91 Å². The van der Waals surface area contributed by atoms with Crippen molar-refractivity contribution >= 4 is 11.8 Å². The Morgan fingerprint density at radius 1 is 1.35 bits per heavy atom. The van der Waals surface area contributed by atoms with Crippen LogP contribution in [0.2, 0.25) is 0 Å². The summed E-state index contributed by atoms with van der Waals surface area (Å²) in [5, 5.41) is 6.70. The normalized spacial score (nSPS) is 11.1. The maximum absolute atomic E-state index is 12.0. The number of hydrogen-bond donors (Lipinski definition) is 1. The molecule has 1 aromatic rings. The van der Waals surface area contributed by atoms with Gasteiger partial charge in [0.05, 0.1) is 18.8 Å². The van der Waals surface area contributed by atoms with Crippen molar-refractivity contribution in [3.63, 3.8) is 0 Å². The molecular weight excluding hydrogens is 258 g/mol. The van der Waals surface area contributed by atoms with Crippen LogP contribution in [0.15, 0.2) is 4.52 Å². The van der Waals surface area contributed by atoms with E-state index in [9.17, 15) is 4.79 Å². The molecule has 1 heterocycles. The van der Waals surface area contributed by atoms with Gasteiger partial charge < -0.3 is 9.26 Å². The number of anilines is 1. The van der Waals surface area contributed by atoms with Gasteiger partial charge in [-0.1, -0.05) is 19.0 Å². The van der Waals surface area contributed by atoms with Crippen LogP contribution in [0.1, 0.15) is 32.0 Å². The van der Waals surface area contributed by atoms with Crippen molar-refractivity contribution in [1.29, 1.82) is 0 Å². The van der Waals surface area contributed by atoms with Gasteiger partial charge in [-0.15, -0.1) is 0 Å². The van der Waals surface area contributed by atoms with Crippen molar-refractivity contribution in [3.8, 4) is 0 Å². The van der Waals surface area contributed by atoms with Crippen LogP contribution in [0.25, 0.3) is 0 Å². The van der Waals surface area contributed by atoms with Gasteiger partial charge in [-0.2, -0.15) is 0 Å². The summed E-state index contributed by atoms with van der Waals surface area (Å²) >= 11 is 0. The highest BCUT2D eigenvalue weighted by atomic mass is 16.5. The van der Waals surface area contributed by atoms with E-state index in [1.54, 1.807) is 0 Å². The lowest BCUT2D eigenvalue weighted by molar-refractivity contribution is -0.117. The zero-order valence-corrected chi connectivity index (χ0v) is 12.9. The van der Waals surface area contributed by atoms with Gasteiger partial charge in [0.25, 0.3) is 0 Å². The van der Waals surface area contributed by atoms with Crippen molar-refractivity contribution in [2.45, 2.75) is 34.1 Å². The summed E-state index contributed by atoms with van der Waals surface area (Å²) in [4.78, 5) is 14.0. The first-order valence-electron chi connectivity index (χ1n) is 7.17. The third-order valence-electron chi connectivity index (χ3n) is 3.20. The Kier molecular flexibility index (Phi) is 7.25. The van der Waals surface area contributed by atoms with Crippen LogP contribution < -0.4 is 5.32 Å². The van der Waals surface area contributed by atoms with Gasteiger partial charge >= 0.3 is 0 Å². The maximum atomic E-state index is 12.0. The van der Waals surface area contributed by atoms with Gasteiger partial charge in [0.15, 0.2) is 0 Å². The lowest BCUT2D eigenvalue weighted by atomic mass is 10.2. The minimum absolute atomic E-state index is 0.0810.